The van der Waals surface area contributed by atoms with Crippen LogP contribution in [0.1, 0.15) is 36.6 Å². The minimum absolute atomic E-state index is 0.370. The fourth-order valence-electron chi connectivity index (χ4n) is 2.83. The molecular weight excluding hydrogens is 306 g/mol. The predicted octanol–water partition coefficient (Wildman–Crippen LogP) is 5.31. The van der Waals surface area contributed by atoms with Crippen LogP contribution in [-0.2, 0) is 12.0 Å². The molecule has 0 fully saturated rings. The van der Waals surface area contributed by atoms with Crippen LogP contribution in [0.5, 0.6) is 11.5 Å². The highest BCUT2D eigenvalue weighted by molar-refractivity contribution is 7.10. The molecule has 0 spiro atoms. The Hall–Kier alpha value is -1.99. The molecule has 0 radical (unpaired) electrons. The lowest BCUT2D eigenvalue weighted by atomic mass is 9.88. The molecule has 122 valence electrons. The van der Waals surface area contributed by atoms with Crippen molar-refractivity contribution in [2.24, 2.45) is 0 Å². The van der Waals surface area contributed by atoms with E-state index in [1.807, 2.05) is 18.2 Å². The molecule has 2 aromatic rings. The minimum atomic E-state index is -0.370. The second kappa shape index (κ2) is 8.03. The molecule has 0 aliphatic rings. The van der Waals surface area contributed by atoms with E-state index >= 15 is 0 Å². The quantitative estimate of drug-likeness (QED) is 0.612. The van der Waals surface area contributed by atoms with Crippen LogP contribution in [-0.4, -0.2) is 14.2 Å². The summed E-state index contributed by atoms with van der Waals surface area (Å²) in [5.74, 6) is 1.51. The SMILES string of the molecule is [C-]#[N+]C(CC)(CCCc1ccc(OC)c(OC)c1)c1cccs1. The average molecular weight is 329 g/mol. The Kier molecular flexibility index (Phi) is 6.06. The van der Waals surface area contributed by atoms with Gasteiger partial charge in [0.15, 0.2) is 11.5 Å². The lowest BCUT2D eigenvalue weighted by molar-refractivity contribution is 0.354. The van der Waals surface area contributed by atoms with Crippen LogP contribution in [0.15, 0.2) is 35.7 Å². The number of hydrogen-bond donors (Lipinski definition) is 0. The zero-order valence-electron chi connectivity index (χ0n) is 14.0. The van der Waals surface area contributed by atoms with Crippen molar-refractivity contribution in [2.75, 3.05) is 14.2 Å². The van der Waals surface area contributed by atoms with Crippen LogP contribution in [0.2, 0.25) is 0 Å². The molecule has 0 aliphatic carbocycles. The summed E-state index contributed by atoms with van der Waals surface area (Å²) in [6, 6.07) is 10.1. The summed E-state index contributed by atoms with van der Waals surface area (Å²) in [5.41, 5.74) is 0.842. The Morgan fingerprint density at radius 2 is 1.96 bits per heavy atom. The summed E-state index contributed by atoms with van der Waals surface area (Å²) in [6.45, 7) is 9.78. The Morgan fingerprint density at radius 3 is 2.52 bits per heavy atom. The maximum atomic E-state index is 7.68. The Bertz CT molecular complexity index is 661. The van der Waals surface area contributed by atoms with Crippen molar-refractivity contribution in [1.82, 2.24) is 0 Å². The van der Waals surface area contributed by atoms with E-state index in [9.17, 15) is 0 Å². The first kappa shape index (κ1) is 17.4. The molecule has 1 unspecified atom stereocenters. The number of methoxy groups -OCH3 is 2. The topological polar surface area (TPSA) is 22.8 Å². The van der Waals surface area contributed by atoms with E-state index < -0.39 is 0 Å². The molecule has 0 saturated carbocycles. The number of benzene rings is 1. The van der Waals surface area contributed by atoms with Gasteiger partial charge in [-0.2, -0.15) is 0 Å². The monoisotopic (exact) mass is 329 g/mol. The van der Waals surface area contributed by atoms with Gasteiger partial charge in [0.1, 0.15) is 0 Å². The van der Waals surface area contributed by atoms with E-state index in [4.69, 9.17) is 16.0 Å². The molecular formula is C19H23NO2S. The van der Waals surface area contributed by atoms with Crippen LogP contribution < -0.4 is 9.47 Å². The van der Waals surface area contributed by atoms with Gasteiger partial charge in [-0.15, -0.1) is 11.3 Å². The fourth-order valence-corrected chi connectivity index (χ4v) is 3.80. The van der Waals surface area contributed by atoms with Crippen LogP contribution in [0.25, 0.3) is 4.85 Å². The molecule has 0 saturated heterocycles. The molecule has 3 nitrogen and oxygen atoms in total. The summed E-state index contributed by atoms with van der Waals surface area (Å²) >= 11 is 1.69. The number of rotatable bonds is 8. The molecule has 1 heterocycles. The minimum Gasteiger partial charge on any atom is -0.493 e. The lowest BCUT2D eigenvalue weighted by Crippen LogP contribution is -2.19. The molecule has 0 aliphatic heterocycles. The number of hydrogen-bond acceptors (Lipinski definition) is 3. The van der Waals surface area contributed by atoms with Gasteiger partial charge in [-0.05, 0) is 42.0 Å². The molecule has 2 rings (SSSR count). The third-order valence-electron chi connectivity index (χ3n) is 4.28. The first-order valence-corrected chi connectivity index (χ1v) is 8.70. The highest BCUT2D eigenvalue weighted by atomic mass is 32.1. The third kappa shape index (κ3) is 3.86. The van der Waals surface area contributed by atoms with Crippen LogP contribution in [0, 0.1) is 6.57 Å². The Balaban J connectivity index is 2.05. The van der Waals surface area contributed by atoms with E-state index in [0.717, 1.165) is 37.2 Å². The molecule has 1 aromatic heterocycles. The molecule has 1 atom stereocenters. The summed E-state index contributed by atoms with van der Waals surface area (Å²) < 4.78 is 10.6. The summed E-state index contributed by atoms with van der Waals surface area (Å²) in [6.07, 6.45) is 3.64. The van der Waals surface area contributed by atoms with Crippen LogP contribution in [0.4, 0.5) is 0 Å². The van der Waals surface area contributed by atoms with Gasteiger partial charge in [0.05, 0.1) is 19.1 Å². The van der Waals surface area contributed by atoms with E-state index in [1.54, 1.807) is 25.6 Å². The second-order valence-electron chi connectivity index (χ2n) is 5.52. The Morgan fingerprint density at radius 1 is 1.17 bits per heavy atom. The van der Waals surface area contributed by atoms with Crippen molar-refractivity contribution in [2.45, 2.75) is 38.1 Å². The van der Waals surface area contributed by atoms with E-state index in [0.29, 0.717) is 0 Å². The zero-order chi connectivity index (χ0) is 16.7. The van der Waals surface area contributed by atoms with Crippen molar-refractivity contribution in [3.63, 3.8) is 0 Å². The van der Waals surface area contributed by atoms with Crippen LogP contribution >= 0.6 is 11.3 Å². The van der Waals surface area contributed by atoms with Crippen molar-refractivity contribution in [3.05, 3.63) is 57.6 Å². The Labute approximate surface area is 142 Å². The smallest absolute Gasteiger partial charge is 0.266 e. The maximum Gasteiger partial charge on any atom is 0.266 e. The third-order valence-corrected chi connectivity index (χ3v) is 5.35. The van der Waals surface area contributed by atoms with Crippen molar-refractivity contribution >= 4 is 11.3 Å². The zero-order valence-corrected chi connectivity index (χ0v) is 14.8. The summed E-state index contributed by atoms with van der Waals surface area (Å²) in [7, 11) is 3.30. The molecule has 0 bridgehead atoms. The van der Waals surface area contributed by atoms with E-state index in [1.165, 1.54) is 10.4 Å². The first-order chi connectivity index (χ1) is 11.2. The molecule has 4 heteroatoms. The predicted molar refractivity (Wildman–Crippen MR) is 95.4 cm³/mol. The second-order valence-corrected chi connectivity index (χ2v) is 6.46. The van der Waals surface area contributed by atoms with Crippen molar-refractivity contribution in [3.8, 4) is 11.5 Å². The van der Waals surface area contributed by atoms with E-state index in [2.05, 4.69) is 29.3 Å². The number of aryl methyl sites for hydroxylation is 1. The average Bonchev–Trinajstić information content (AvgIpc) is 3.14. The highest BCUT2D eigenvalue weighted by Crippen LogP contribution is 2.38. The van der Waals surface area contributed by atoms with Gasteiger partial charge >= 0.3 is 0 Å². The number of nitrogens with zero attached hydrogens (tertiary/aromatic N) is 1. The number of ether oxygens (including phenoxy) is 2. The fraction of sp³-hybridized carbons (Fsp3) is 0.421. The lowest BCUT2D eigenvalue weighted by Gasteiger charge is -2.19. The van der Waals surface area contributed by atoms with Gasteiger partial charge in [-0.3, -0.25) is 0 Å². The molecule has 0 N–H and O–H groups in total. The van der Waals surface area contributed by atoms with Crippen LogP contribution in [0.3, 0.4) is 0 Å². The van der Waals surface area contributed by atoms with Gasteiger partial charge in [0.2, 0.25) is 0 Å². The first-order valence-electron chi connectivity index (χ1n) is 7.82. The van der Waals surface area contributed by atoms with Crippen molar-refractivity contribution < 1.29 is 9.47 Å². The standard InChI is InChI=1S/C19H23NO2S/c1-5-19(20-2,18-9-7-13-23-18)12-6-8-15-10-11-16(21-3)17(14-15)22-4/h7,9-11,13-14H,5-6,8,12H2,1,3-4H3. The molecule has 0 amide bonds. The van der Waals surface area contributed by atoms with Crippen molar-refractivity contribution in [1.29, 1.82) is 0 Å². The normalized spacial score (nSPS) is 13.1. The maximum absolute atomic E-state index is 7.68. The van der Waals surface area contributed by atoms with Gasteiger partial charge in [-0.25, -0.2) is 6.57 Å². The number of thiophene rings is 1. The molecule has 1 aromatic carbocycles. The largest absolute Gasteiger partial charge is 0.493 e. The van der Waals surface area contributed by atoms with Gasteiger partial charge < -0.3 is 14.3 Å². The van der Waals surface area contributed by atoms with Gasteiger partial charge in [0, 0.05) is 12.8 Å². The van der Waals surface area contributed by atoms with Gasteiger partial charge in [-0.1, -0.05) is 19.1 Å². The summed E-state index contributed by atoms with van der Waals surface area (Å²) in [5, 5.41) is 2.05. The van der Waals surface area contributed by atoms with E-state index in [-0.39, 0.29) is 5.54 Å². The summed E-state index contributed by atoms with van der Waals surface area (Å²) in [4.78, 5) is 5.17. The highest BCUT2D eigenvalue weighted by Gasteiger charge is 2.37. The molecule has 23 heavy (non-hydrogen) atoms. The van der Waals surface area contributed by atoms with Gasteiger partial charge in [0.25, 0.3) is 5.54 Å².